The summed E-state index contributed by atoms with van der Waals surface area (Å²) >= 11 is 0. The molecule has 4 nitrogen and oxygen atoms in total. The molecule has 0 aromatic carbocycles. The first-order chi connectivity index (χ1) is 8.25. The molecule has 0 saturated carbocycles. The second-order valence-corrected chi connectivity index (χ2v) is 4.27. The van der Waals surface area contributed by atoms with Crippen molar-refractivity contribution in [1.29, 1.82) is 0 Å². The molecule has 1 unspecified atom stereocenters. The molecule has 1 aromatic heterocycles. The van der Waals surface area contributed by atoms with Gasteiger partial charge in [-0.1, -0.05) is 12.2 Å². The van der Waals surface area contributed by atoms with Gasteiger partial charge in [0.25, 0.3) is 0 Å². The Morgan fingerprint density at radius 2 is 2.35 bits per heavy atom. The Morgan fingerprint density at radius 3 is 2.94 bits per heavy atom. The van der Waals surface area contributed by atoms with Gasteiger partial charge in [0.2, 0.25) is 0 Å². The van der Waals surface area contributed by atoms with Gasteiger partial charge in [0.05, 0.1) is 11.9 Å². The zero-order valence-electron chi connectivity index (χ0n) is 9.60. The first-order valence-corrected chi connectivity index (χ1v) is 5.84. The minimum Gasteiger partial charge on any atom is -0.477 e. The van der Waals surface area contributed by atoms with E-state index in [1.54, 1.807) is 12.3 Å². The SMILES string of the molecule is O=C(O)c1ccc(NCC2CC=CCC2)cn1. The number of allylic oxidation sites excluding steroid dienone is 2. The third-order valence-corrected chi connectivity index (χ3v) is 2.96. The zero-order chi connectivity index (χ0) is 12.1. The fraction of sp³-hybridized carbons (Fsp3) is 0.385. The van der Waals surface area contributed by atoms with E-state index in [1.807, 2.05) is 0 Å². The molecule has 0 aliphatic heterocycles. The normalized spacial score (nSPS) is 18.9. The molecular formula is C13H16N2O2. The molecule has 1 heterocycles. The van der Waals surface area contributed by atoms with Gasteiger partial charge in [-0.15, -0.1) is 0 Å². The molecule has 90 valence electrons. The number of carboxylic acids is 1. The lowest BCUT2D eigenvalue weighted by Gasteiger charge is -2.18. The van der Waals surface area contributed by atoms with E-state index in [0.717, 1.165) is 25.1 Å². The second-order valence-electron chi connectivity index (χ2n) is 4.27. The lowest BCUT2D eigenvalue weighted by molar-refractivity contribution is 0.0690. The van der Waals surface area contributed by atoms with E-state index in [2.05, 4.69) is 22.5 Å². The molecule has 1 aliphatic rings. The van der Waals surface area contributed by atoms with E-state index in [-0.39, 0.29) is 5.69 Å². The van der Waals surface area contributed by atoms with Crippen molar-refractivity contribution < 1.29 is 9.90 Å². The maximum absolute atomic E-state index is 10.6. The Kier molecular flexibility index (Phi) is 3.75. The molecule has 0 saturated heterocycles. The van der Waals surface area contributed by atoms with Crippen molar-refractivity contribution in [2.75, 3.05) is 11.9 Å². The van der Waals surface area contributed by atoms with E-state index in [0.29, 0.717) is 5.92 Å². The van der Waals surface area contributed by atoms with Crippen molar-refractivity contribution in [1.82, 2.24) is 4.98 Å². The van der Waals surface area contributed by atoms with Crippen LogP contribution in [0.1, 0.15) is 29.8 Å². The Hall–Kier alpha value is -1.84. The van der Waals surface area contributed by atoms with Gasteiger partial charge in [0, 0.05) is 6.54 Å². The first kappa shape index (κ1) is 11.6. The molecule has 1 aliphatic carbocycles. The third-order valence-electron chi connectivity index (χ3n) is 2.96. The van der Waals surface area contributed by atoms with E-state index in [1.165, 1.54) is 12.5 Å². The van der Waals surface area contributed by atoms with Gasteiger partial charge in [0.1, 0.15) is 5.69 Å². The lowest BCUT2D eigenvalue weighted by Crippen LogP contribution is -2.15. The standard InChI is InChI=1S/C13H16N2O2/c16-13(17)12-7-6-11(9-15-12)14-8-10-4-2-1-3-5-10/h1-2,6-7,9-10,14H,3-5,8H2,(H,16,17). The molecule has 0 amide bonds. The fourth-order valence-corrected chi connectivity index (χ4v) is 1.93. The highest BCUT2D eigenvalue weighted by Crippen LogP contribution is 2.18. The summed E-state index contributed by atoms with van der Waals surface area (Å²) in [5.74, 6) is -0.326. The van der Waals surface area contributed by atoms with Crippen molar-refractivity contribution in [3.05, 3.63) is 36.2 Å². The predicted octanol–water partition coefficient (Wildman–Crippen LogP) is 2.55. The highest BCUT2D eigenvalue weighted by molar-refractivity contribution is 5.85. The molecule has 0 fully saturated rings. The zero-order valence-corrected chi connectivity index (χ0v) is 9.60. The number of hydrogen-bond acceptors (Lipinski definition) is 3. The molecule has 2 N–H and O–H groups in total. The number of nitrogens with zero attached hydrogens (tertiary/aromatic N) is 1. The fourth-order valence-electron chi connectivity index (χ4n) is 1.93. The summed E-state index contributed by atoms with van der Waals surface area (Å²) < 4.78 is 0. The van der Waals surface area contributed by atoms with Crippen LogP contribution in [0.2, 0.25) is 0 Å². The maximum Gasteiger partial charge on any atom is 0.354 e. The lowest BCUT2D eigenvalue weighted by atomic mass is 9.94. The Bertz CT molecular complexity index is 412. The smallest absolute Gasteiger partial charge is 0.354 e. The molecule has 0 spiro atoms. The number of aromatic carboxylic acids is 1. The van der Waals surface area contributed by atoms with Crippen LogP contribution < -0.4 is 5.32 Å². The van der Waals surface area contributed by atoms with Gasteiger partial charge in [-0.3, -0.25) is 0 Å². The van der Waals surface area contributed by atoms with Crippen molar-refractivity contribution in [2.24, 2.45) is 5.92 Å². The molecule has 1 atom stereocenters. The topological polar surface area (TPSA) is 62.2 Å². The van der Waals surface area contributed by atoms with E-state index in [9.17, 15) is 4.79 Å². The van der Waals surface area contributed by atoms with Crippen LogP contribution in [0.15, 0.2) is 30.5 Å². The second kappa shape index (κ2) is 5.48. The number of anilines is 1. The van der Waals surface area contributed by atoms with Crippen LogP contribution in [0.25, 0.3) is 0 Å². The van der Waals surface area contributed by atoms with Crippen molar-refractivity contribution in [2.45, 2.75) is 19.3 Å². The average Bonchev–Trinajstić information content (AvgIpc) is 2.38. The van der Waals surface area contributed by atoms with Gasteiger partial charge in [-0.2, -0.15) is 0 Å². The van der Waals surface area contributed by atoms with Crippen LogP contribution >= 0.6 is 0 Å². The van der Waals surface area contributed by atoms with Gasteiger partial charge in [-0.25, -0.2) is 9.78 Å². The van der Waals surface area contributed by atoms with E-state index < -0.39 is 5.97 Å². The summed E-state index contributed by atoms with van der Waals surface area (Å²) in [6, 6.07) is 3.28. The molecule has 0 bridgehead atoms. The molecule has 4 heteroatoms. The number of pyridine rings is 1. The summed E-state index contributed by atoms with van der Waals surface area (Å²) in [5.41, 5.74) is 0.959. The summed E-state index contributed by atoms with van der Waals surface area (Å²) in [6.45, 7) is 0.915. The number of nitrogens with one attached hydrogen (secondary N) is 1. The van der Waals surface area contributed by atoms with Crippen LogP contribution in [0.5, 0.6) is 0 Å². The van der Waals surface area contributed by atoms with Crippen LogP contribution in [0.4, 0.5) is 5.69 Å². The minimum absolute atomic E-state index is 0.0798. The summed E-state index contributed by atoms with van der Waals surface area (Å²) in [7, 11) is 0. The van der Waals surface area contributed by atoms with Crippen LogP contribution in [0, 0.1) is 5.92 Å². The quantitative estimate of drug-likeness (QED) is 0.783. The van der Waals surface area contributed by atoms with Crippen LogP contribution in [-0.2, 0) is 0 Å². The number of rotatable bonds is 4. The first-order valence-electron chi connectivity index (χ1n) is 5.84. The maximum atomic E-state index is 10.6. The third kappa shape index (κ3) is 3.31. The monoisotopic (exact) mass is 232 g/mol. The molecule has 2 rings (SSSR count). The molecule has 17 heavy (non-hydrogen) atoms. The van der Waals surface area contributed by atoms with Crippen LogP contribution in [0.3, 0.4) is 0 Å². The molecule has 0 radical (unpaired) electrons. The largest absolute Gasteiger partial charge is 0.477 e. The van der Waals surface area contributed by atoms with Crippen LogP contribution in [-0.4, -0.2) is 22.6 Å². The number of carboxylic acid groups (broad SMARTS) is 1. The summed E-state index contributed by atoms with van der Waals surface area (Å²) in [4.78, 5) is 14.5. The number of aromatic nitrogens is 1. The minimum atomic E-state index is -0.992. The Balaban J connectivity index is 1.86. The van der Waals surface area contributed by atoms with Gasteiger partial charge < -0.3 is 10.4 Å². The average molecular weight is 232 g/mol. The number of hydrogen-bond donors (Lipinski definition) is 2. The summed E-state index contributed by atoms with van der Waals surface area (Å²) in [6.07, 6.45) is 9.50. The molecular weight excluding hydrogens is 216 g/mol. The summed E-state index contributed by atoms with van der Waals surface area (Å²) in [5, 5.41) is 12.0. The Labute approximate surface area is 100 Å². The number of carbonyl (C=O) groups is 1. The van der Waals surface area contributed by atoms with Gasteiger partial charge in [0.15, 0.2) is 0 Å². The van der Waals surface area contributed by atoms with Crippen molar-refractivity contribution in [3.63, 3.8) is 0 Å². The predicted molar refractivity (Wildman–Crippen MR) is 66.2 cm³/mol. The van der Waals surface area contributed by atoms with Gasteiger partial charge in [-0.05, 0) is 37.3 Å². The van der Waals surface area contributed by atoms with Gasteiger partial charge >= 0.3 is 5.97 Å². The highest BCUT2D eigenvalue weighted by Gasteiger charge is 2.09. The van der Waals surface area contributed by atoms with E-state index in [4.69, 9.17) is 5.11 Å². The van der Waals surface area contributed by atoms with Crippen molar-refractivity contribution in [3.8, 4) is 0 Å². The Morgan fingerprint density at radius 1 is 1.47 bits per heavy atom. The van der Waals surface area contributed by atoms with Crippen molar-refractivity contribution >= 4 is 11.7 Å². The molecule has 1 aromatic rings. The highest BCUT2D eigenvalue weighted by atomic mass is 16.4. The van der Waals surface area contributed by atoms with E-state index >= 15 is 0 Å².